The summed E-state index contributed by atoms with van der Waals surface area (Å²) in [4.78, 5) is 23.0. The molecule has 0 aliphatic heterocycles. The fraction of sp³-hybridized carbons (Fsp3) is 0.931. The van der Waals surface area contributed by atoms with Crippen molar-refractivity contribution >= 4 is 11.9 Å². The van der Waals surface area contributed by atoms with Crippen LogP contribution in [0.1, 0.15) is 136 Å². The average molecular weight is 484 g/mol. The van der Waals surface area contributed by atoms with Crippen LogP contribution >= 0.6 is 0 Å². The summed E-state index contributed by atoms with van der Waals surface area (Å²) in [5, 5.41) is 10.9. The molecule has 0 fully saturated rings. The Morgan fingerprint density at radius 2 is 1.18 bits per heavy atom. The van der Waals surface area contributed by atoms with Crippen molar-refractivity contribution in [2.75, 3.05) is 27.7 Å². The first-order valence-electron chi connectivity index (χ1n) is 14.3. The Bertz CT molecular complexity index is 501. The molecular formula is C29H57NO4. The van der Waals surface area contributed by atoms with Crippen LogP contribution in [-0.4, -0.2) is 50.2 Å². The van der Waals surface area contributed by atoms with Gasteiger partial charge < -0.3 is 19.1 Å². The van der Waals surface area contributed by atoms with E-state index >= 15 is 0 Å². The summed E-state index contributed by atoms with van der Waals surface area (Å²) in [6.07, 6.45) is 21.7. The summed E-state index contributed by atoms with van der Waals surface area (Å²) in [6, 6.07) is 0. The number of carbonyl (C=O) groups excluding carboxylic acids is 2. The lowest BCUT2D eigenvalue weighted by molar-refractivity contribution is -0.873. The molecule has 0 saturated heterocycles. The second-order valence-corrected chi connectivity index (χ2v) is 11.5. The molecule has 2 unspecified atom stereocenters. The molecule has 0 aromatic heterocycles. The van der Waals surface area contributed by atoms with Crippen LogP contribution in [0.4, 0.5) is 0 Å². The van der Waals surface area contributed by atoms with E-state index in [1.54, 1.807) is 0 Å². The summed E-state index contributed by atoms with van der Waals surface area (Å²) < 4.78 is 5.94. The summed E-state index contributed by atoms with van der Waals surface area (Å²) in [6.45, 7) is 5.15. The Labute approximate surface area is 211 Å². The minimum atomic E-state index is -1.17. The predicted octanol–water partition coefficient (Wildman–Crippen LogP) is 6.42. The van der Waals surface area contributed by atoms with Gasteiger partial charge in [0.1, 0.15) is 6.54 Å². The Hall–Kier alpha value is -1.10. The standard InChI is InChI=1S/C29H57NO4/c1-6-21-26(2)22-19-17-15-13-11-9-7-8-10-12-14-16-18-20-23-29(33)34-27(24-28(31)32)25-30(3,4)5/h26-27H,6-25H2,1-5H3. The molecule has 0 aromatic carbocycles. The van der Waals surface area contributed by atoms with E-state index in [2.05, 4.69) is 13.8 Å². The van der Waals surface area contributed by atoms with Gasteiger partial charge in [-0.05, 0) is 12.3 Å². The van der Waals surface area contributed by atoms with E-state index in [1.165, 1.54) is 89.9 Å². The topological polar surface area (TPSA) is 66.4 Å². The number of esters is 1. The van der Waals surface area contributed by atoms with Gasteiger partial charge in [0.05, 0.1) is 21.1 Å². The molecule has 0 amide bonds. The van der Waals surface area contributed by atoms with Crippen molar-refractivity contribution in [1.82, 2.24) is 0 Å². The minimum Gasteiger partial charge on any atom is -0.550 e. The molecule has 34 heavy (non-hydrogen) atoms. The molecule has 0 aromatic rings. The number of carbonyl (C=O) groups is 2. The molecule has 0 saturated carbocycles. The van der Waals surface area contributed by atoms with Gasteiger partial charge in [0, 0.05) is 18.8 Å². The number of quaternary nitrogens is 1. The maximum atomic E-state index is 12.1. The minimum absolute atomic E-state index is 0.236. The van der Waals surface area contributed by atoms with Gasteiger partial charge in [0.25, 0.3) is 0 Å². The first kappa shape index (κ1) is 32.9. The highest BCUT2D eigenvalue weighted by molar-refractivity contribution is 5.70. The first-order chi connectivity index (χ1) is 16.1. The summed E-state index contributed by atoms with van der Waals surface area (Å²) in [5.41, 5.74) is 0. The molecule has 0 spiro atoms. The van der Waals surface area contributed by atoms with Crippen LogP contribution in [-0.2, 0) is 14.3 Å². The first-order valence-corrected chi connectivity index (χ1v) is 14.3. The molecule has 0 radical (unpaired) electrons. The Balaban J connectivity index is 3.50. The highest BCUT2D eigenvalue weighted by atomic mass is 16.5. The zero-order valence-electron chi connectivity index (χ0n) is 23.4. The van der Waals surface area contributed by atoms with Gasteiger partial charge in [-0.2, -0.15) is 0 Å². The molecule has 0 heterocycles. The van der Waals surface area contributed by atoms with Crippen LogP contribution in [0.25, 0.3) is 0 Å². The van der Waals surface area contributed by atoms with Crippen molar-refractivity contribution in [3.8, 4) is 0 Å². The summed E-state index contributed by atoms with van der Waals surface area (Å²) in [5.74, 6) is -0.541. The molecule has 0 aliphatic rings. The lowest BCUT2D eigenvalue weighted by atomic mass is 9.98. The quantitative estimate of drug-likeness (QED) is 0.0902. The van der Waals surface area contributed by atoms with E-state index < -0.39 is 12.1 Å². The van der Waals surface area contributed by atoms with Crippen molar-refractivity contribution < 1.29 is 23.9 Å². The monoisotopic (exact) mass is 483 g/mol. The number of aliphatic carboxylic acids is 1. The third-order valence-electron chi connectivity index (χ3n) is 6.55. The largest absolute Gasteiger partial charge is 0.550 e. The number of rotatable bonds is 24. The molecule has 2 atom stereocenters. The van der Waals surface area contributed by atoms with Crippen molar-refractivity contribution in [2.24, 2.45) is 5.92 Å². The summed E-state index contributed by atoms with van der Waals surface area (Å²) >= 11 is 0. The van der Waals surface area contributed by atoms with Crippen molar-refractivity contribution in [3.05, 3.63) is 0 Å². The van der Waals surface area contributed by atoms with Crippen molar-refractivity contribution in [2.45, 2.75) is 142 Å². The molecular weight excluding hydrogens is 426 g/mol. The number of nitrogens with zero attached hydrogens (tertiary/aromatic N) is 1. The smallest absolute Gasteiger partial charge is 0.306 e. The third kappa shape index (κ3) is 24.0. The number of unbranched alkanes of at least 4 members (excludes halogenated alkanes) is 13. The molecule has 0 aliphatic carbocycles. The lowest BCUT2D eigenvalue weighted by Gasteiger charge is -2.29. The fourth-order valence-corrected chi connectivity index (χ4v) is 4.71. The molecule has 0 bridgehead atoms. The number of likely N-dealkylation sites (N-methyl/N-ethyl adjacent to an activating group) is 1. The van der Waals surface area contributed by atoms with Crippen LogP contribution < -0.4 is 5.11 Å². The van der Waals surface area contributed by atoms with Crippen LogP contribution in [0.3, 0.4) is 0 Å². The van der Waals surface area contributed by atoms with Crippen LogP contribution in [0, 0.1) is 5.92 Å². The number of carboxylic acid groups (broad SMARTS) is 1. The predicted molar refractivity (Wildman–Crippen MR) is 140 cm³/mol. The van der Waals surface area contributed by atoms with E-state index in [9.17, 15) is 14.7 Å². The molecule has 0 N–H and O–H groups in total. The molecule has 5 heteroatoms. The van der Waals surface area contributed by atoms with Gasteiger partial charge in [-0.25, -0.2) is 0 Å². The van der Waals surface area contributed by atoms with E-state index in [1.807, 2.05) is 21.1 Å². The Morgan fingerprint density at radius 1 is 0.735 bits per heavy atom. The van der Waals surface area contributed by atoms with E-state index in [0.29, 0.717) is 17.4 Å². The second kappa shape index (κ2) is 21.2. The SMILES string of the molecule is CCCC(C)CCCCCCCCCCCCCCCCC(=O)OC(CC(=O)[O-])C[N+](C)(C)C. The maximum absolute atomic E-state index is 12.1. The van der Waals surface area contributed by atoms with Gasteiger partial charge in [-0.3, -0.25) is 4.79 Å². The van der Waals surface area contributed by atoms with Gasteiger partial charge in [0.2, 0.25) is 0 Å². The van der Waals surface area contributed by atoms with Gasteiger partial charge in [-0.1, -0.05) is 117 Å². The third-order valence-corrected chi connectivity index (χ3v) is 6.55. The lowest BCUT2D eigenvalue weighted by Crippen LogP contribution is -2.45. The maximum Gasteiger partial charge on any atom is 0.306 e. The van der Waals surface area contributed by atoms with E-state index in [0.717, 1.165) is 25.2 Å². The van der Waals surface area contributed by atoms with Crippen LogP contribution in [0.5, 0.6) is 0 Å². The molecule has 0 rings (SSSR count). The highest BCUT2D eigenvalue weighted by Gasteiger charge is 2.22. The zero-order valence-corrected chi connectivity index (χ0v) is 23.4. The van der Waals surface area contributed by atoms with Crippen molar-refractivity contribution in [3.63, 3.8) is 0 Å². The summed E-state index contributed by atoms with van der Waals surface area (Å²) in [7, 11) is 5.86. The van der Waals surface area contributed by atoms with Crippen LogP contribution in [0.2, 0.25) is 0 Å². The molecule has 5 nitrogen and oxygen atoms in total. The van der Waals surface area contributed by atoms with Crippen LogP contribution in [0.15, 0.2) is 0 Å². The Morgan fingerprint density at radius 3 is 1.59 bits per heavy atom. The van der Waals surface area contributed by atoms with Gasteiger partial charge in [-0.15, -0.1) is 0 Å². The van der Waals surface area contributed by atoms with Gasteiger partial charge >= 0.3 is 5.97 Å². The zero-order chi connectivity index (χ0) is 25.7. The fourth-order valence-electron chi connectivity index (χ4n) is 4.71. The van der Waals surface area contributed by atoms with Crippen molar-refractivity contribution in [1.29, 1.82) is 0 Å². The average Bonchev–Trinajstić information content (AvgIpc) is 2.71. The molecule has 202 valence electrons. The van der Waals surface area contributed by atoms with E-state index in [4.69, 9.17) is 4.74 Å². The highest BCUT2D eigenvalue weighted by Crippen LogP contribution is 2.17. The normalized spacial score (nSPS) is 13.6. The Kier molecular flexibility index (Phi) is 20.5. The van der Waals surface area contributed by atoms with Gasteiger partial charge in [0.15, 0.2) is 6.10 Å². The number of carboxylic acids is 1. The number of hydrogen-bond acceptors (Lipinski definition) is 4. The number of hydrogen-bond donors (Lipinski definition) is 0. The van der Waals surface area contributed by atoms with E-state index in [-0.39, 0.29) is 12.4 Å². The number of ether oxygens (including phenoxy) is 1. The second-order valence-electron chi connectivity index (χ2n) is 11.5.